The topological polar surface area (TPSA) is 66.5 Å². The van der Waals surface area contributed by atoms with Gasteiger partial charge in [0.2, 0.25) is 15.9 Å². The average Bonchev–Trinajstić information content (AvgIpc) is 2.49. The average molecular weight is 346 g/mol. The summed E-state index contributed by atoms with van der Waals surface area (Å²) in [5.74, 6) is -2.16. The number of piperidine rings is 1. The summed E-state index contributed by atoms with van der Waals surface area (Å²) in [7, 11) is -4.10. The van der Waals surface area contributed by atoms with Crippen molar-refractivity contribution in [2.24, 2.45) is 5.92 Å². The zero-order valence-electron chi connectivity index (χ0n) is 13.1. The van der Waals surface area contributed by atoms with Crippen LogP contribution in [0, 0.1) is 17.6 Å². The Labute approximate surface area is 134 Å². The highest BCUT2D eigenvalue weighted by Gasteiger charge is 2.33. The summed E-state index contributed by atoms with van der Waals surface area (Å²) in [6, 6.07) is 2.37. The molecule has 1 aromatic rings. The highest BCUT2D eigenvalue weighted by Crippen LogP contribution is 2.26. The van der Waals surface area contributed by atoms with Gasteiger partial charge < -0.3 is 5.32 Å². The number of amides is 1. The van der Waals surface area contributed by atoms with Crippen molar-refractivity contribution in [2.75, 3.05) is 13.1 Å². The highest BCUT2D eigenvalue weighted by atomic mass is 32.2. The molecule has 0 aliphatic carbocycles. The Hall–Kier alpha value is -1.54. The quantitative estimate of drug-likeness (QED) is 0.905. The van der Waals surface area contributed by atoms with E-state index in [0.717, 1.165) is 16.4 Å². The molecule has 0 atom stereocenters. The van der Waals surface area contributed by atoms with E-state index in [2.05, 4.69) is 5.32 Å². The smallest absolute Gasteiger partial charge is 0.246 e. The summed E-state index contributed by atoms with van der Waals surface area (Å²) < 4.78 is 52.9. The minimum absolute atomic E-state index is 0.0191. The Morgan fingerprint density at radius 2 is 1.87 bits per heavy atom. The Morgan fingerprint density at radius 3 is 2.43 bits per heavy atom. The summed E-state index contributed by atoms with van der Waals surface area (Å²) in [5, 5.41) is 2.80. The highest BCUT2D eigenvalue weighted by molar-refractivity contribution is 7.89. The van der Waals surface area contributed by atoms with Gasteiger partial charge in [0.1, 0.15) is 16.5 Å². The van der Waals surface area contributed by atoms with Crippen LogP contribution in [0.5, 0.6) is 0 Å². The molecule has 1 amide bonds. The van der Waals surface area contributed by atoms with Crippen LogP contribution in [0.1, 0.15) is 26.7 Å². The minimum Gasteiger partial charge on any atom is -0.354 e. The Kier molecular flexibility index (Phi) is 5.36. The SMILES string of the molecule is CC(C)NC(=O)C1CCN(S(=O)(=O)c2cc(F)ccc2F)CC1. The second-order valence-electron chi connectivity index (χ2n) is 5.92. The molecule has 1 aliphatic rings. The van der Waals surface area contributed by atoms with Gasteiger partial charge in [0.25, 0.3) is 0 Å². The third kappa shape index (κ3) is 4.06. The number of nitrogens with zero attached hydrogens (tertiary/aromatic N) is 1. The standard InChI is InChI=1S/C15H20F2N2O3S/c1-10(2)18-15(20)11-5-7-19(8-6-11)23(21,22)14-9-12(16)3-4-13(14)17/h3-4,9-11H,5-8H2,1-2H3,(H,18,20). The molecule has 0 unspecified atom stereocenters. The number of benzene rings is 1. The zero-order valence-corrected chi connectivity index (χ0v) is 13.9. The molecule has 0 aromatic heterocycles. The molecule has 0 bridgehead atoms. The molecule has 1 saturated heterocycles. The molecule has 0 saturated carbocycles. The number of sulfonamides is 1. The molecular weight excluding hydrogens is 326 g/mol. The lowest BCUT2D eigenvalue weighted by atomic mass is 9.97. The molecule has 2 rings (SSSR count). The van der Waals surface area contributed by atoms with E-state index in [-0.39, 0.29) is 31.0 Å². The molecule has 1 N–H and O–H groups in total. The van der Waals surface area contributed by atoms with Crippen LogP contribution in [0.2, 0.25) is 0 Å². The van der Waals surface area contributed by atoms with Crippen LogP contribution in [-0.2, 0) is 14.8 Å². The van der Waals surface area contributed by atoms with E-state index < -0.39 is 26.6 Å². The van der Waals surface area contributed by atoms with Crippen LogP contribution in [0.3, 0.4) is 0 Å². The summed E-state index contributed by atoms with van der Waals surface area (Å²) >= 11 is 0. The number of carbonyl (C=O) groups excluding carboxylic acids is 1. The molecule has 5 nitrogen and oxygen atoms in total. The molecule has 1 aromatic carbocycles. The maximum atomic E-state index is 13.7. The third-order valence-electron chi connectivity index (χ3n) is 3.77. The van der Waals surface area contributed by atoms with Gasteiger partial charge in [0.15, 0.2) is 0 Å². The van der Waals surface area contributed by atoms with Gasteiger partial charge in [-0.25, -0.2) is 17.2 Å². The van der Waals surface area contributed by atoms with Crippen molar-refractivity contribution in [1.29, 1.82) is 0 Å². The second kappa shape index (κ2) is 6.92. The number of hydrogen-bond acceptors (Lipinski definition) is 3. The Bertz CT molecular complexity index is 684. The Balaban J connectivity index is 2.10. The lowest BCUT2D eigenvalue weighted by Gasteiger charge is -2.31. The first-order chi connectivity index (χ1) is 10.7. The largest absolute Gasteiger partial charge is 0.354 e. The van der Waals surface area contributed by atoms with Crippen LogP contribution >= 0.6 is 0 Å². The van der Waals surface area contributed by atoms with Gasteiger partial charge in [-0.3, -0.25) is 4.79 Å². The number of carbonyl (C=O) groups is 1. The predicted octanol–water partition coefficient (Wildman–Crippen LogP) is 1.89. The first-order valence-electron chi connectivity index (χ1n) is 7.47. The van der Waals surface area contributed by atoms with Crippen molar-refractivity contribution in [1.82, 2.24) is 9.62 Å². The maximum Gasteiger partial charge on any atom is 0.246 e. The van der Waals surface area contributed by atoms with E-state index in [1.165, 1.54) is 0 Å². The van der Waals surface area contributed by atoms with Crippen LogP contribution in [0.15, 0.2) is 23.1 Å². The van der Waals surface area contributed by atoms with Gasteiger partial charge >= 0.3 is 0 Å². The van der Waals surface area contributed by atoms with Gasteiger partial charge in [0, 0.05) is 25.0 Å². The summed E-state index contributed by atoms with van der Waals surface area (Å²) in [5.41, 5.74) is 0. The normalized spacial score (nSPS) is 17.4. The van der Waals surface area contributed by atoms with E-state index in [1.54, 1.807) is 0 Å². The molecule has 0 spiro atoms. The van der Waals surface area contributed by atoms with Gasteiger partial charge in [-0.1, -0.05) is 0 Å². The fourth-order valence-corrected chi connectivity index (χ4v) is 4.12. The molecular formula is C15H20F2N2O3S. The van der Waals surface area contributed by atoms with E-state index in [4.69, 9.17) is 0 Å². The van der Waals surface area contributed by atoms with E-state index in [9.17, 15) is 22.0 Å². The van der Waals surface area contributed by atoms with Crippen LogP contribution in [0.25, 0.3) is 0 Å². The predicted molar refractivity (Wildman–Crippen MR) is 81.1 cm³/mol. The fourth-order valence-electron chi connectivity index (χ4n) is 2.57. The van der Waals surface area contributed by atoms with Crippen molar-refractivity contribution in [2.45, 2.75) is 37.6 Å². The van der Waals surface area contributed by atoms with Crippen molar-refractivity contribution in [3.05, 3.63) is 29.8 Å². The van der Waals surface area contributed by atoms with Gasteiger partial charge in [0.05, 0.1) is 0 Å². The second-order valence-corrected chi connectivity index (χ2v) is 7.82. The lowest BCUT2D eigenvalue weighted by molar-refractivity contribution is -0.126. The van der Waals surface area contributed by atoms with E-state index in [1.807, 2.05) is 13.8 Å². The number of rotatable bonds is 4. The molecule has 8 heteroatoms. The van der Waals surface area contributed by atoms with Crippen molar-refractivity contribution in [3.8, 4) is 0 Å². The van der Waals surface area contributed by atoms with E-state index >= 15 is 0 Å². The molecule has 1 aliphatic heterocycles. The van der Waals surface area contributed by atoms with Crippen LogP contribution < -0.4 is 5.32 Å². The number of nitrogens with one attached hydrogen (secondary N) is 1. The molecule has 128 valence electrons. The number of hydrogen-bond donors (Lipinski definition) is 1. The fraction of sp³-hybridized carbons (Fsp3) is 0.533. The van der Waals surface area contributed by atoms with Crippen molar-refractivity contribution in [3.63, 3.8) is 0 Å². The van der Waals surface area contributed by atoms with Gasteiger partial charge in [-0.15, -0.1) is 0 Å². The molecule has 23 heavy (non-hydrogen) atoms. The van der Waals surface area contributed by atoms with E-state index in [0.29, 0.717) is 18.9 Å². The summed E-state index contributed by atoms with van der Waals surface area (Å²) in [4.78, 5) is 11.3. The Morgan fingerprint density at radius 1 is 1.26 bits per heavy atom. The molecule has 1 heterocycles. The van der Waals surface area contributed by atoms with Gasteiger partial charge in [-0.2, -0.15) is 4.31 Å². The van der Waals surface area contributed by atoms with Crippen LogP contribution in [-0.4, -0.2) is 37.8 Å². The maximum absolute atomic E-state index is 13.7. The van der Waals surface area contributed by atoms with Crippen LogP contribution in [0.4, 0.5) is 8.78 Å². The monoisotopic (exact) mass is 346 g/mol. The number of halogens is 2. The van der Waals surface area contributed by atoms with Gasteiger partial charge in [-0.05, 0) is 44.9 Å². The summed E-state index contributed by atoms with van der Waals surface area (Å²) in [6.07, 6.45) is 0.712. The zero-order chi connectivity index (χ0) is 17.2. The third-order valence-corrected chi connectivity index (χ3v) is 5.68. The first kappa shape index (κ1) is 17.8. The minimum atomic E-state index is -4.10. The molecule has 1 fully saturated rings. The molecule has 0 radical (unpaired) electrons. The lowest BCUT2D eigenvalue weighted by Crippen LogP contribution is -2.44. The van der Waals surface area contributed by atoms with Crippen molar-refractivity contribution < 1.29 is 22.0 Å². The summed E-state index contributed by atoms with van der Waals surface area (Å²) in [6.45, 7) is 3.91. The first-order valence-corrected chi connectivity index (χ1v) is 8.91. The van der Waals surface area contributed by atoms with Crippen molar-refractivity contribution >= 4 is 15.9 Å².